The minimum atomic E-state index is -3.84. The van der Waals surface area contributed by atoms with Gasteiger partial charge in [-0.05, 0) is 37.2 Å². The monoisotopic (exact) mass is 422 g/mol. The van der Waals surface area contributed by atoms with E-state index in [-0.39, 0.29) is 4.90 Å². The fourth-order valence-corrected chi connectivity index (χ4v) is 5.16. The van der Waals surface area contributed by atoms with Crippen LogP contribution in [0.2, 0.25) is 5.02 Å². The van der Waals surface area contributed by atoms with Crippen LogP contribution in [0.4, 0.5) is 4.39 Å². The molecule has 1 aliphatic heterocycles. The van der Waals surface area contributed by atoms with Gasteiger partial charge in [0.25, 0.3) is 0 Å². The number of fused-ring (bicyclic) bond motifs is 1. The molecule has 1 aliphatic rings. The highest BCUT2D eigenvalue weighted by atomic mass is 35.5. The summed E-state index contributed by atoms with van der Waals surface area (Å²) in [7, 11) is -3.84. The summed E-state index contributed by atoms with van der Waals surface area (Å²) in [6.45, 7) is 2.61. The Labute approximate surface area is 168 Å². The van der Waals surface area contributed by atoms with Crippen LogP contribution in [0.3, 0.4) is 0 Å². The maximum atomic E-state index is 14.0. The normalized spacial score (nSPS) is 17.1. The van der Waals surface area contributed by atoms with Crippen molar-refractivity contribution in [2.75, 3.05) is 26.2 Å². The highest BCUT2D eigenvalue weighted by molar-refractivity contribution is 7.89. The zero-order valence-electron chi connectivity index (χ0n) is 15.1. The van der Waals surface area contributed by atoms with Crippen LogP contribution < -0.4 is 0 Å². The van der Waals surface area contributed by atoms with Crippen LogP contribution in [0.5, 0.6) is 0 Å². The van der Waals surface area contributed by atoms with Crippen molar-refractivity contribution in [1.82, 2.24) is 18.6 Å². The number of nitrogens with zero attached hydrogens (tertiary/aromatic N) is 4. The van der Waals surface area contributed by atoms with Crippen LogP contribution in [0.1, 0.15) is 12.1 Å². The van der Waals surface area contributed by atoms with Crippen LogP contribution in [0.25, 0.3) is 5.65 Å². The minimum absolute atomic E-state index is 0.263. The van der Waals surface area contributed by atoms with E-state index in [0.29, 0.717) is 37.6 Å². The molecule has 0 saturated carbocycles. The van der Waals surface area contributed by atoms with Crippen LogP contribution in [0, 0.1) is 5.82 Å². The third kappa shape index (κ3) is 3.91. The van der Waals surface area contributed by atoms with Gasteiger partial charge in [0.2, 0.25) is 10.0 Å². The number of benzene rings is 1. The Hall–Kier alpha value is -2.00. The number of hydrogen-bond donors (Lipinski definition) is 0. The number of rotatable bonds is 4. The van der Waals surface area contributed by atoms with Crippen LogP contribution in [0.15, 0.2) is 53.7 Å². The average Bonchev–Trinajstić information content (AvgIpc) is 2.89. The summed E-state index contributed by atoms with van der Waals surface area (Å²) < 4.78 is 42.9. The lowest BCUT2D eigenvalue weighted by molar-refractivity contribution is 0.276. The van der Waals surface area contributed by atoms with Crippen molar-refractivity contribution in [3.63, 3.8) is 0 Å². The Morgan fingerprint density at radius 3 is 2.68 bits per heavy atom. The second-order valence-electron chi connectivity index (χ2n) is 6.81. The topological polar surface area (TPSA) is 57.9 Å². The van der Waals surface area contributed by atoms with Crippen molar-refractivity contribution in [3.8, 4) is 0 Å². The van der Waals surface area contributed by atoms with E-state index in [4.69, 9.17) is 11.6 Å². The number of halogens is 2. The second kappa shape index (κ2) is 7.79. The molecule has 3 aromatic rings. The number of sulfonamides is 1. The van der Waals surface area contributed by atoms with Crippen molar-refractivity contribution in [2.24, 2.45) is 0 Å². The highest BCUT2D eigenvalue weighted by Crippen LogP contribution is 2.21. The molecule has 0 aliphatic carbocycles. The smallest absolute Gasteiger partial charge is 0.246 e. The molecule has 28 heavy (non-hydrogen) atoms. The molecule has 1 saturated heterocycles. The van der Waals surface area contributed by atoms with Crippen molar-refractivity contribution < 1.29 is 12.8 Å². The molecule has 4 rings (SSSR count). The predicted octanol–water partition coefficient (Wildman–Crippen LogP) is 3.02. The Morgan fingerprint density at radius 1 is 1.04 bits per heavy atom. The fourth-order valence-electron chi connectivity index (χ4n) is 3.46. The summed E-state index contributed by atoms with van der Waals surface area (Å²) >= 11 is 6.01. The molecule has 0 atom stereocenters. The maximum Gasteiger partial charge on any atom is 0.246 e. The molecule has 0 spiro atoms. The zero-order valence-corrected chi connectivity index (χ0v) is 16.7. The first kappa shape index (κ1) is 19.3. The molecule has 2 aromatic heterocycles. The molecule has 0 radical (unpaired) electrons. The molecule has 6 nitrogen and oxygen atoms in total. The molecule has 0 N–H and O–H groups in total. The van der Waals surface area contributed by atoms with Crippen LogP contribution in [-0.2, 0) is 16.6 Å². The number of hydrogen-bond acceptors (Lipinski definition) is 4. The van der Waals surface area contributed by atoms with E-state index >= 15 is 0 Å². The molecule has 0 unspecified atom stereocenters. The molecular weight excluding hydrogens is 403 g/mol. The summed E-state index contributed by atoms with van der Waals surface area (Å²) in [5.41, 5.74) is 1.71. The van der Waals surface area contributed by atoms with Crippen molar-refractivity contribution in [1.29, 1.82) is 0 Å². The SMILES string of the molecule is O=S(=O)(c1ccccc1F)N1CCCN(Cc2cn3cc(Cl)ccc3n2)CC1. The largest absolute Gasteiger partial charge is 0.305 e. The van der Waals surface area contributed by atoms with Gasteiger partial charge in [-0.1, -0.05) is 23.7 Å². The van der Waals surface area contributed by atoms with E-state index in [1.807, 2.05) is 16.7 Å². The van der Waals surface area contributed by atoms with E-state index in [9.17, 15) is 12.8 Å². The molecule has 148 valence electrons. The summed E-state index contributed by atoms with van der Waals surface area (Å²) in [6.07, 6.45) is 4.41. The van der Waals surface area contributed by atoms with E-state index in [1.54, 1.807) is 12.3 Å². The summed E-state index contributed by atoms with van der Waals surface area (Å²) in [6, 6.07) is 9.17. The zero-order chi connectivity index (χ0) is 19.7. The number of pyridine rings is 1. The molecule has 0 bridgehead atoms. The summed E-state index contributed by atoms with van der Waals surface area (Å²) in [4.78, 5) is 6.49. The Morgan fingerprint density at radius 2 is 1.86 bits per heavy atom. The van der Waals surface area contributed by atoms with E-state index in [2.05, 4.69) is 9.88 Å². The van der Waals surface area contributed by atoms with Crippen LogP contribution in [-0.4, -0.2) is 53.2 Å². The molecule has 9 heteroatoms. The van der Waals surface area contributed by atoms with Gasteiger partial charge in [0, 0.05) is 38.6 Å². The Bertz CT molecular complexity index is 1100. The third-order valence-electron chi connectivity index (χ3n) is 4.85. The first-order valence-corrected chi connectivity index (χ1v) is 10.9. The van der Waals surface area contributed by atoms with Gasteiger partial charge in [0.1, 0.15) is 16.4 Å². The second-order valence-corrected chi connectivity index (χ2v) is 9.15. The lowest BCUT2D eigenvalue weighted by Gasteiger charge is -2.21. The lowest BCUT2D eigenvalue weighted by Crippen LogP contribution is -2.35. The van der Waals surface area contributed by atoms with E-state index in [0.717, 1.165) is 17.9 Å². The molecule has 3 heterocycles. The van der Waals surface area contributed by atoms with Crippen molar-refractivity contribution in [2.45, 2.75) is 17.9 Å². The predicted molar refractivity (Wildman–Crippen MR) is 105 cm³/mol. The Balaban J connectivity index is 1.46. The Kier molecular flexibility index (Phi) is 5.37. The van der Waals surface area contributed by atoms with Crippen molar-refractivity contribution in [3.05, 3.63) is 65.3 Å². The summed E-state index contributed by atoms with van der Waals surface area (Å²) in [5, 5.41) is 0.639. The van der Waals surface area contributed by atoms with Gasteiger partial charge >= 0.3 is 0 Å². The van der Waals surface area contributed by atoms with Gasteiger partial charge in [0.05, 0.1) is 10.7 Å². The fraction of sp³-hybridized carbons (Fsp3) is 0.316. The van der Waals surface area contributed by atoms with E-state index in [1.165, 1.54) is 28.6 Å². The minimum Gasteiger partial charge on any atom is -0.305 e. The van der Waals surface area contributed by atoms with Gasteiger partial charge in [-0.3, -0.25) is 4.90 Å². The summed E-state index contributed by atoms with van der Waals surface area (Å²) in [5.74, 6) is -0.716. The first-order chi connectivity index (χ1) is 13.4. The lowest BCUT2D eigenvalue weighted by atomic mass is 10.3. The first-order valence-electron chi connectivity index (χ1n) is 9.04. The number of aromatic nitrogens is 2. The standard InChI is InChI=1S/C19H20ClFN4O2S/c20-15-6-7-19-22-16(14-24(19)12-15)13-23-8-3-9-25(11-10-23)28(26,27)18-5-2-1-4-17(18)21/h1-2,4-7,12,14H,3,8-11,13H2. The highest BCUT2D eigenvalue weighted by Gasteiger charge is 2.29. The quantitative estimate of drug-likeness (QED) is 0.648. The molecule has 1 fully saturated rings. The van der Waals surface area contributed by atoms with Crippen LogP contribution >= 0.6 is 11.6 Å². The van der Waals surface area contributed by atoms with E-state index < -0.39 is 15.8 Å². The molecule has 1 aromatic carbocycles. The van der Waals surface area contributed by atoms with Gasteiger partial charge < -0.3 is 4.40 Å². The van der Waals surface area contributed by atoms with Gasteiger partial charge in [0.15, 0.2) is 0 Å². The molecular formula is C19H20ClFN4O2S. The average molecular weight is 423 g/mol. The van der Waals surface area contributed by atoms with Crippen molar-refractivity contribution >= 4 is 27.3 Å². The maximum absolute atomic E-state index is 14.0. The third-order valence-corrected chi connectivity index (χ3v) is 7.01. The number of imidazole rings is 1. The van der Waals surface area contributed by atoms with Gasteiger partial charge in [-0.15, -0.1) is 0 Å². The van der Waals surface area contributed by atoms with Gasteiger partial charge in [-0.2, -0.15) is 4.31 Å². The molecule has 0 amide bonds. The van der Waals surface area contributed by atoms with Gasteiger partial charge in [-0.25, -0.2) is 17.8 Å².